The zero-order valence-corrected chi connectivity index (χ0v) is 67.2. The zero-order valence-electron chi connectivity index (χ0n) is 65.6. The number of nitrogens with zero attached hydrogens (tertiary/aromatic N) is 13. The first-order valence-electron chi connectivity index (χ1n) is 33.4. The van der Waals surface area contributed by atoms with Gasteiger partial charge in [-0.3, -0.25) is 15.0 Å². The van der Waals surface area contributed by atoms with Crippen LogP contribution in [0.5, 0.6) is 51.7 Å². The van der Waals surface area contributed by atoms with Gasteiger partial charge in [-0.2, -0.15) is 35.6 Å². The molecular weight excluding hydrogens is 1490 g/mol. The van der Waals surface area contributed by atoms with E-state index in [2.05, 4.69) is 55.3 Å². The van der Waals surface area contributed by atoms with Gasteiger partial charge in [0.05, 0.1) is 166 Å². The summed E-state index contributed by atoms with van der Waals surface area (Å²) in [6.07, 6.45) is 9.16. The number of aromatic nitrogens is 6. The lowest BCUT2D eigenvalue weighted by molar-refractivity contribution is -0.113. The van der Waals surface area contributed by atoms with Gasteiger partial charge in [0, 0.05) is 65.0 Å². The van der Waals surface area contributed by atoms with Crippen molar-refractivity contribution in [2.45, 2.75) is 40.6 Å². The number of halogens is 2. The first kappa shape index (κ1) is 95.7. The summed E-state index contributed by atoms with van der Waals surface area (Å²) in [6, 6.07) is 19.4. The number of benzene rings is 1. The van der Waals surface area contributed by atoms with E-state index < -0.39 is 17.8 Å². The number of aliphatic hydroxyl groups excluding tert-OH is 2. The Kier molecular flexibility index (Phi) is 49.1. The number of esters is 2. The second kappa shape index (κ2) is 55.9. The quantitative estimate of drug-likeness (QED) is 0.0277. The first-order chi connectivity index (χ1) is 52.3. The topological polar surface area (TPSA) is 352 Å². The second-order valence-electron chi connectivity index (χ2n) is 22.2. The number of aliphatic hydroxyl groups is 2. The number of pyridine rings is 6. The summed E-state index contributed by atoms with van der Waals surface area (Å²) in [7, 11) is 26.0. The molecule has 0 radical (unpaired) electrons. The average Bonchev–Trinajstić information content (AvgIpc) is 0.870. The van der Waals surface area contributed by atoms with Crippen molar-refractivity contribution in [3.8, 4) is 57.8 Å². The van der Waals surface area contributed by atoms with Crippen molar-refractivity contribution >= 4 is 27.9 Å². The lowest BCUT2D eigenvalue weighted by Gasteiger charge is -2.14. The Bertz CT molecular complexity index is 3770. The van der Waals surface area contributed by atoms with E-state index >= 15 is 0 Å². The molecule has 0 saturated carbocycles. The third kappa shape index (κ3) is 39.0. The highest BCUT2D eigenvalue weighted by atomic mass is 79.9. The second-order valence-corrected chi connectivity index (χ2v) is 23.1. The molecule has 0 atom stereocenters. The molecule has 7 aromatic rings. The Balaban J connectivity index is 0.000000446. The lowest BCUT2D eigenvalue weighted by Crippen LogP contribution is -2.23. The summed E-state index contributed by atoms with van der Waals surface area (Å²) in [5.74, 6) is 3.48. The maximum Gasteiger partial charge on any atom is 0.360 e. The highest BCUT2D eigenvalue weighted by molar-refractivity contribution is 9.10. The van der Waals surface area contributed by atoms with Crippen molar-refractivity contribution in [1.82, 2.24) is 60.3 Å². The number of rotatable bonds is 39. The lowest BCUT2D eigenvalue weighted by atomic mass is 10.2. The molecule has 109 heavy (non-hydrogen) atoms. The number of hydroxylamine groups is 12. The van der Waals surface area contributed by atoms with Gasteiger partial charge in [0.2, 0.25) is 0 Å². The van der Waals surface area contributed by atoms with Crippen LogP contribution in [0.2, 0.25) is 0 Å². The van der Waals surface area contributed by atoms with Gasteiger partial charge in [-0.1, -0.05) is 22.0 Å². The van der Waals surface area contributed by atoms with Gasteiger partial charge >= 0.3 is 11.9 Å². The molecule has 0 saturated heterocycles. The molecule has 7 rings (SSSR count). The van der Waals surface area contributed by atoms with Crippen LogP contribution in [0.3, 0.4) is 0 Å². The standard InChI is InChI=1S/C16H18BrFN2O3.C12H18N2O5.C12H18N2O4.C11H15N3O2.C11H18N2O4.C11H18N2O3/c1-20(21-2)6-7-22-14-9-15(18)16(19-10-14)11-23-13-5-3-4-12(17)8-13;1-14(18-4)5-6-19-9-7-10(16-2)11(13-8-9)12(15)17-3;1-9-7-10(18-6-5-14(2)17-4)8-13-11(9)12(15)16-3;1-9-6-10(8-13-11(9)7-12)16-5-4-14(2)15-3;1-13(16-3)4-5-17-9-6-11(15-2)10(8-14)12-7-9;1-9-6-10(7-12-11(9)8-14)16-5-4-13(2)15-3/h3-5,8-10H,6-7,11H2,1-2H3;7-8H,5-6H2,1-4H3;7-8H,5-6H2,1-4H3;6,8H,4-5H2,1-3H3;6-7,14H,4-5,8H2,1-3H3;6-7,14H,4-5,8H2,1-3H3. The molecule has 0 aliphatic carbocycles. The maximum absolute atomic E-state index is 14.0. The molecule has 0 unspecified atom stereocenters. The van der Waals surface area contributed by atoms with E-state index in [1.54, 1.807) is 143 Å². The van der Waals surface area contributed by atoms with Crippen molar-refractivity contribution in [3.63, 3.8) is 0 Å². The Morgan fingerprint density at radius 3 is 1.13 bits per heavy atom. The van der Waals surface area contributed by atoms with E-state index in [0.29, 0.717) is 153 Å². The molecule has 0 bridgehead atoms. The van der Waals surface area contributed by atoms with Crippen LogP contribution in [0.25, 0.3) is 0 Å². The van der Waals surface area contributed by atoms with E-state index in [0.717, 1.165) is 21.2 Å². The largest absolute Gasteiger partial charge is 0.495 e. The van der Waals surface area contributed by atoms with Crippen molar-refractivity contribution in [2.75, 3.05) is 192 Å². The molecule has 0 spiro atoms. The molecule has 34 nitrogen and oxygen atoms in total. The monoisotopic (exact) mass is 1600 g/mol. The van der Waals surface area contributed by atoms with E-state index in [1.165, 1.54) is 53.1 Å². The Morgan fingerprint density at radius 2 is 0.771 bits per heavy atom. The van der Waals surface area contributed by atoms with Crippen LogP contribution < -0.4 is 42.6 Å². The molecular formula is C73H105BrFN13O21. The molecule has 2 N–H and O–H groups in total. The summed E-state index contributed by atoms with van der Waals surface area (Å²) in [5, 5.41) is 36.6. The van der Waals surface area contributed by atoms with E-state index in [-0.39, 0.29) is 31.2 Å². The minimum atomic E-state index is -0.553. The van der Waals surface area contributed by atoms with Crippen LogP contribution >= 0.6 is 15.9 Å². The minimum Gasteiger partial charge on any atom is -0.495 e. The van der Waals surface area contributed by atoms with Crippen LogP contribution in [0.1, 0.15) is 60.4 Å². The van der Waals surface area contributed by atoms with Crippen molar-refractivity contribution in [1.29, 1.82) is 5.26 Å². The van der Waals surface area contributed by atoms with Gasteiger partial charge in [-0.15, -0.1) is 0 Å². The molecule has 6 aromatic heterocycles. The molecule has 36 heteroatoms. The summed E-state index contributed by atoms with van der Waals surface area (Å²) >= 11 is 3.35. The number of aryl methyl sites for hydroxylation is 3. The third-order valence-electron chi connectivity index (χ3n) is 14.6. The number of hydrogen-bond donors (Lipinski definition) is 2. The summed E-state index contributed by atoms with van der Waals surface area (Å²) in [5.41, 5.74) is 4.73. The van der Waals surface area contributed by atoms with E-state index in [9.17, 15) is 14.0 Å². The van der Waals surface area contributed by atoms with Crippen LogP contribution in [-0.4, -0.2) is 275 Å². The molecule has 602 valence electrons. The molecule has 0 fully saturated rings. The Labute approximate surface area is 645 Å². The van der Waals surface area contributed by atoms with Gasteiger partial charge in [-0.25, -0.2) is 28.9 Å². The van der Waals surface area contributed by atoms with Gasteiger partial charge in [-0.05, 0) is 73.9 Å². The number of ether oxygens (including phenoxy) is 11. The number of carbonyl (C=O) groups is 2. The minimum absolute atomic E-state index is 0.0431. The fourth-order valence-electron chi connectivity index (χ4n) is 7.89. The molecule has 0 aliphatic rings. The van der Waals surface area contributed by atoms with Gasteiger partial charge < -0.3 is 91.3 Å². The van der Waals surface area contributed by atoms with Crippen LogP contribution in [0, 0.1) is 37.9 Å². The van der Waals surface area contributed by atoms with Gasteiger partial charge in [0.1, 0.15) is 115 Å². The number of methoxy groups -OCH3 is 4. The third-order valence-corrected chi connectivity index (χ3v) is 15.1. The highest BCUT2D eigenvalue weighted by Gasteiger charge is 2.17. The SMILES string of the molecule is COC(=O)c1ncc(OCCN(C)OC)cc1C.COC(=O)c1ncc(OCCN(C)OC)cc1OC.CON(C)CCOc1cnc(C#N)c(C)c1.CON(C)CCOc1cnc(CO)c(C)c1.CON(C)CCOc1cnc(COc2cccc(Br)c2)c(F)c1.COc1cc(OCCN(C)OC)cnc1CO. The van der Waals surface area contributed by atoms with Crippen molar-refractivity contribution in [2.24, 2.45) is 0 Å². The van der Waals surface area contributed by atoms with Crippen LogP contribution in [0.4, 0.5) is 4.39 Å². The van der Waals surface area contributed by atoms with Crippen LogP contribution in [-0.2, 0) is 58.3 Å². The Morgan fingerprint density at radius 1 is 0.422 bits per heavy atom. The number of carbonyl (C=O) groups excluding carboxylic acids is 2. The molecule has 0 aliphatic heterocycles. The first-order valence-corrected chi connectivity index (χ1v) is 34.2. The number of likely N-dealkylation sites (N-methyl/N-ethyl adjacent to an activating group) is 6. The van der Waals surface area contributed by atoms with Crippen LogP contribution in [0.15, 0.2) is 102 Å². The fraction of sp³-hybridized carbons (Fsp3) is 0.466. The predicted molar refractivity (Wildman–Crippen MR) is 401 cm³/mol. The maximum atomic E-state index is 14.0. The zero-order chi connectivity index (χ0) is 81.1. The van der Waals surface area contributed by atoms with E-state index in [1.807, 2.05) is 72.4 Å². The summed E-state index contributed by atoms with van der Waals surface area (Å²) in [4.78, 5) is 76.6. The van der Waals surface area contributed by atoms with Gasteiger partial charge in [0.25, 0.3) is 0 Å². The smallest absolute Gasteiger partial charge is 0.360 e. The summed E-state index contributed by atoms with van der Waals surface area (Å²) in [6.45, 7) is 11.9. The molecule has 0 amide bonds. The molecule has 6 heterocycles. The fourth-order valence-corrected chi connectivity index (χ4v) is 8.27. The average molecular weight is 1600 g/mol. The number of hydrogen-bond acceptors (Lipinski definition) is 34. The van der Waals surface area contributed by atoms with Crippen molar-refractivity contribution in [3.05, 3.63) is 159 Å². The Hall–Kier alpha value is -9.40. The van der Waals surface area contributed by atoms with Gasteiger partial charge in [0.15, 0.2) is 23.0 Å². The number of nitriles is 1. The predicted octanol–water partition coefficient (Wildman–Crippen LogP) is 7.57. The normalized spacial score (nSPS) is 10.6. The van der Waals surface area contributed by atoms with E-state index in [4.69, 9.17) is 87.1 Å². The molecule has 1 aromatic carbocycles. The highest BCUT2D eigenvalue weighted by Crippen LogP contribution is 2.25. The van der Waals surface area contributed by atoms with Crippen molar-refractivity contribution < 1.29 is 105 Å². The summed E-state index contributed by atoms with van der Waals surface area (Å²) < 4.78 is 72.6.